The van der Waals surface area contributed by atoms with Crippen molar-refractivity contribution in [1.29, 1.82) is 0 Å². The summed E-state index contributed by atoms with van der Waals surface area (Å²) in [6.45, 7) is 5.58. The first-order valence-corrected chi connectivity index (χ1v) is 9.18. The highest BCUT2D eigenvalue weighted by Crippen LogP contribution is 2.31. The van der Waals surface area contributed by atoms with Gasteiger partial charge in [-0.25, -0.2) is 4.98 Å². The molecule has 0 radical (unpaired) electrons. The number of nitrogens with zero attached hydrogens (tertiary/aromatic N) is 1. The van der Waals surface area contributed by atoms with Gasteiger partial charge >= 0.3 is 0 Å². The maximum atomic E-state index is 12.7. The molecule has 1 N–H and O–H groups in total. The molecule has 0 bridgehead atoms. The molecule has 2 aromatic carbocycles. The smallest absolute Gasteiger partial charge is 0.259 e. The first-order valence-electron chi connectivity index (χ1n) is 8.37. The molecule has 0 aliphatic heterocycles. The van der Waals surface area contributed by atoms with Gasteiger partial charge in [-0.2, -0.15) is 0 Å². The van der Waals surface area contributed by atoms with Gasteiger partial charge in [0, 0.05) is 16.8 Å². The van der Waals surface area contributed by atoms with Crippen molar-refractivity contribution in [2.45, 2.75) is 20.8 Å². The fourth-order valence-electron chi connectivity index (χ4n) is 3.05. The summed E-state index contributed by atoms with van der Waals surface area (Å²) in [4.78, 5) is 17.4. The molecule has 0 atom stereocenters. The number of thiazole rings is 1. The van der Waals surface area contributed by atoms with Gasteiger partial charge in [0.1, 0.15) is 16.5 Å². The molecule has 5 heteroatoms. The number of aryl methyl sites for hydroxylation is 2. The predicted molar refractivity (Wildman–Crippen MR) is 106 cm³/mol. The molecule has 0 fully saturated rings. The van der Waals surface area contributed by atoms with Crippen LogP contribution in [0, 0.1) is 20.8 Å². The number of fused-ring (bicyclic) bond motifs is 1. The summed E-state index contributed by atoms with van der Waals surface area (Å²) < 4.78 is 6.71. The number of benzene rings is 2. The number of furan rings is 1. The average Bonchev–Trinajstić information content (AvgIpc) is 3.16. The summed E-state index contributed by atoms with van der Waals surface area (Å²) in [6, 6.07) is 15.8. The van der Waals surface area contributed by atoms with Gasteiger partial charge in [-0.1, -0.05) is 24.3 Å². The summed E-state index contributed by atoms with van der Waals surface area (Å²) >= 11 is 1.64. The number of carbonyl (C=O) groups is 1. The molecule has 0 aliphatic carbocycles. The zero-order valence-corrected chi connectivity index (χ0v) is 15.6. The highest BCUT2D eigenvalue weighted by Gasteiger charge is 2.18. The van der Waals surface area contributed by atoms with Crippen molar-refractivity contribution in [2.75, 3.05) is 5.32 Å². The van der Waals surface area contributed by atoms with Crippen LogP contribution < -0.4 is 5.32 Å². The number of hydrogen-bond acceptors (Lipinski definition) is 4. The van der Waals surface area contributed by atoms with E-state index in [0.717, 1.165) is 37.8 Å². The third kappa shape index (κ3) is 2.91. The average molecular weight is 362 g/mol. The van der Waals surface area contributed by atoms with Crippen LogP contribution in [0.5, 0.6) is 0 Å². The van der Waals surface area contributed by atoms with Crippen molar-refractivity contribution in [3.8, 4) is 10.6 Å². The third-order valence-electron chi connectivity index (χ3n) is 4.45. The fourth-order valence-corrected chi connectivity index (χ4v) is 4.01. The largest absolute Gasteiger partial charge is 0.466 e. The van der Waals surface area contributed by atoms with E-state index in [1.807, 2.05) is 63.2 Å². The Labute approximate surface area is 155 Å². The molecule has 0 spiro atoms. The van der Waals surface area contributed by atoms with E-state index < -0.39 is 0 Å². The molecule has 130 valence electrons. The van der Waals surface area contributed by atoms with E-state index in [1.165, 1.54) is 0 Å². The Bertz CT molecular complexity index is 1090. The Morgan fingerprint density at radius 2 is 1.85 bits per heavy atom. The van der Waals surface area contributed by atoms with Crippen molar-refractivity contribution in [1.82, 2.24) is 4.98 Å². The molecule has 26 heavy (non-hydrogen) atoms. The molecular formula is C21H18N2O2S. The van der Waals surface area contributed by atoms with Crippen LogP contribution in [0.3, 0.4) is 0 Å². The Balaban J connectivity index is 1.64. The maximum absolute atomic E-state index is 12.7. The molecule has 2 aromatic heterocycles. The van der Waals surface area contributed by atoms with E-state index in [-0.39, 0.29) is 5.91 Å². The molecule has 0 unspecified atom stereocenters. The van der Waals surface area contributed by atoms with E-state index in [0.29, 0.717) is 11.3 Å². The number of anilines is 1. The van der Waals surface area contributed by atoms with E-state index in [1.54, 1.807) is 11.3 Å². The van der Waals surface area contributed by atoms with Gasteiger partial charge in [-0.3, -0.25) is 4.79 Å². The first kappa shape index (κ1) is 16.5. The minimum Gasteiger partial charge on any atom is -0.466 e. The second kappa shape index (κ2) is 6.42. The van der Waals surface area contributed by atoms with E-state index >= 15 is 0 Å². The van der Waals surface area contributed by atoms with Crippen LogP contribution in [0.4, 0.5) is 5.69 Å². The van der Waals surface area contributed by atoms with E-state index in [9.17, 15) is 4.79 Å². The van der Waals surface area contributed by atoms with Crippen LogP contribution in [-0.4, -0.2) is 10.9 Å². The zero-order valence-electron chi connectivity index (χ0n) is 14.8. The second-order valence-electron chi connectivity index (χ2n) is 6.24. The number of aromatic nitrogens is 1. The highest BCUT2D eigenvalue weighted by atomic mass is 32.1. The lowest BCUT2D eigenvalue weighted by atomic mass is 10.1. The first-order chi connectivity index (χ1) is 12.5. The van der Waals surface area contributed by atoms with Gasteiger partial charge < -0.3 is 9.73 Å². The van der Waals surface area contributed by atoms with Crippen LogP contribution >= 0.6 is 11.3 Å². The summed E-state index contributed by atoms with van der Waals surface area (Å²) in [5.41, 5.74) is 4.20. The Morgan fingerprint density at radius 1 is 1.04 bits per heavy atom. The topological polar surface area (TPSA) is 55.1 Å². The van der Waals surface area contributed by atoms with Crippen molar-refractivity contribution >= 4 is 33.1 Å². The van der Waals surface area contributed by atoms with E-state index in [2.05, 4.69) is 16.4 Å². The van der Waals surface area contributed by atoms with Crippen molar-refractivity contribution < 1.29 is 9.21 Å². The number of para-hydroxylation sites is 1. The van der Waals surface area contributed by atoms with Crippen molar-refractivity contribution in [2.24, 2.45) is 0 Å². The van der Waals surface area contributed by atoms with Gasteiger partial charge in [-0.05, 0) is 45.0 Å². The monoisotopic (exact) mass is 362 g/mol. The molecule has 1 amide bonds. The molecule has 4 nitrogen and oxygen atoms in total. The molecule has 0 saturated carbocycles. The van der Waals surface area contributed by atoms with Crippen LogP contribution in [0.25, 0.3) is 20.8 Å². The highest BCUT2D eigenvalue weighted by molar-refractivity contribution is 7.21. The van der Waals surface area contributed by atoms with Gasteiger partial charge in [0.2, 0.25) is 0 Å². The Kier molecular flexibility index (Phi) is 4.09. The zero-order chi connectivity index (χ0) is 18.3. The van der Waals surface area contributed by atoms with Crippen molar-refractivity contribution in [3.05, 3.63) is 71.2 Å². The van der Waals surface area contributed by atoms with E-state index in [4.69, 9.17) is 4.42 Å². The van der Waals surface area contributed by atoms with Gasteiger partial charge in [0.05, 0.1) is 15.8 Å². The third-order valence-corrected chi connectivity index (χ3v) is 5.54. The molecule has 0 aliphatic rings. The summed E-state index contributed by atoms with van der Waals surface area (Å²) in [6.07, 6.45) is 0. The minimum atomic E-state index is -0.154. The van der Waals surface area contributed by atoms with Gasteiger partial charge in [-0.15, -0.1) is 11.3 Å². The standard InChI is InChI=1S/C21H18N2O2S/c1-12-13(2)25-14(3)19(12)20(24)22-16-8-6-7-15(11-16)21-23-17-9-4-5-10-18(17)26-21/h4-11H,1-3H3,(H,22,24). The number of carbonyl (C=O) groups excluding carboxylic acids is 1. The molecule has 4 aromatic rings. The number of nitrogens with one attached hydrogen (secondary N) is 1. The number of rotatable bonds is 3. The minimum absolute atomic E-state index is 0.154. The van der Waals surface area contributed by atoms with Crippen LogP contribution in [0.15, 0.2) is 52.9 Å². The second-order valence-corrected chi connectivity index (χ2v) is 7.27. The number of amides is 1. The lowest BCUT2D eigenvalue weighted by Crippen LogP contribution is -2.13. The maximum Gasteiger partial charge on any atom is 0.259 e. The normalized spacial score (nSPS) is 11.0. The molecule has 4 rings (SSSR count). The molecular weight excluding hydrogens is 344 g/mol. The fraction of sp³-hybridized carbons (Fsp3) is 0.143. The van der Waals surface area contributed by atoms with Crippen molar-refractivity contribution in [3.63, 3.8) is 0 Å². The van der Waals surface area contributed by atoms with Gasteiger partial charge in [0.25, 0.3) is 5.91 Å². The molecule has 2 heterocycles. The summed E-state index contributed by atoms with van der Waals surface area (Å²) in [7, 11) is 0. The Hall–Kier alpha value is -2.92. The van der Waals surface area contributed by atoms with Crippen LogP contribution in [-0.2, 0) is 0 Å². The SMILES string of the molecule is Cc1oc(C)c(C(=O)Nc2cccc(-c3nc4ccccc4s3)c2)c1C. The Morgan fingerprint density at radius 3 is 2.58 bits per heavy atom. The lowest BCUT2D eigenvalue weighted by Gasteiger charge is -2.07. The summed E-state index contributed by atoms with van der Waals surface area (Å²) in [5.74, 6) is 1.26. The number of hydrogen-bond donors (Lipinski definition) is 1. The lowest BCUT2D eigenvalue weighted by molar-refractivity contribution is 0.102. The van der Waals surface area contributed by atoms with Gasteiger partial charge in [0.15, 0.2) is 0 Å². The predicted octanol–water partition coefficient (Wildman–Crippen LogP) is 5.73. The quantitative estimate of drug-likeness (QED) is 0.506. The molecule has 0 saturated heterocycles. The van der Waals surface area contributed by atoms with Crippen LogP contribution in [0.1, 0.15) is 27.4 Å². The van der Waals surface area contributed by atoms with Crippen LogP contribution in [0.2, 0.25) is 0 Å². The summed E-state index contributed by atoms with van der Waals surface area (Å²) in [5, 5.41) is 3.91.